The van der Waals surface area contributed by atoms with Gasteiger partial charge in [-0.3, -0.25) is 0 Å². The zero-order chi connectivity index (χ0) is 13.9. The van der Waals surface area contributed by atoms with Gasteiger partial charge in [-0.2, -0.15) is 0 Å². The summed E-state index contributed by atoms with van der Waals surface area (Å²) in [5.41, 5.74) is 9.41. The number of benzene rings is 2. The molecule has 2 N–H and O–H groups in total. The molecule has 0 aliphatic rings. The minimum atomic E-state index is 0.222. The van der Waals surface area contributed by atoms with Gasteiger partial charge in [0.1, 0.15) is 0 Å². The number of nitrogens with two attached hydrogens (primary N) is 1. The van der Waals surface area contributed by atoms with E-state index in [0.29, 0.717) is 0 Å². The number of thioether (sulfide) groups is 1. The van der Waals surface area contributed by atoms with Gasteiger partial charge in [-0.1, -0.05) is 45.0 Å². The Hall–Kier alpha value is -1.41. The molecule has 0 spiro atoms. The summed E-state index contributed by atoms with van der Waals surface area (Å²) in [7, 11) is 0. The first-order valence-corrected chi connectivity index (χ1v) is 7.51. The lowest BCUT2D eigenvalue weighted by atomic mass is 9.87. The molecule has 0 aliphatic heterocycles. The predicted molar refractivity (Wildman–Crippen MR) is 85.6 cm³/mol. The van der Waals surface area contributed by atoms with Crippen LogP contribution >= 0.6 is 11.8 Å². The molecule has 1 nitrogen and oxygen atoms in total. The van der Waals surface area contributed by atoms with E-state index in [0.717, 1.165) is 11.4 Å². The van der Waals surface area contributed by atoms with Crippen LogP contribution in [0.4, 0.5) is 5.69 Å². The number of hydrogen-bond acceptors (Lipinski definition) is 2. The fourth-order valence-electron chi connectivity index (χ4n) is 1.83. The van der Waals surface area contributed by atoms with Crippen LogP contribution in [0.3, 0.4) is 0 Å². The molecule has 2 rings (SSSR count). The van der Waals surface area contributed by atoms with Gasteiger partial charge in [-0.15, -0.1) is 11.8 Å². The van der Waals surface area contributed by atoms with Crippen LogP contribution in [0.25, 0.3) is 0 Å². The first-order valence-electron chi connectivity index (χ1n) is 6.53. The molecule has 0 aromatic heterocycles. The maximum atomic E-state index is 5.68. The Morgan fingerprint density at radius 2 is 1.47 bits per heavy atom. The molecule has 2 aromatic carbocycles. The summed E-state index contributed by atoms with van der Waals surface area (Å²) in [6.45, 7) is 6.72. The molecule has 0 atom stereocenters. The van der Waals surface area contributed by atoms with Gasteiger partial charge in [0.2, 0.25) is 0 Å². The largest absolute Gasteiger partial charge is 0.399 e. The zero-order valence-electron chi connectivity index (χ0n) is 11.8. The highest BCUT2D eigenvalue weighted by molar-refractivity contribution is 7.98. The summed E-state index contributed by atoms with van der Waals surface area (Å²) in [5, 5.41) is 0. The van der Waals surface area contributed by atoms with Gasteiger partial charge in [0.15, 0.2) is 0 Å². The average molecular weight is 271 g/mol. The number of hydrogen-bond donors (Lipinski definition) is 1. The van der Waals surface area contributed by atoms with Crippen molar-refractivity contribution in [3.8, 4) is 0 Å². The Balaban J connectivity index is 1.98. The van der Waals surface area contributed by atoms with E-state index >= 15 is 0 Å². The predicted octanol–water partition coefficient (Wildman–Crippen LogP) is 4.86. The molecule has 100 valence electrons. The van der Waals surface area contributed by atoms with E-state index in [2.05, 4.69) is 57.2 Å². The van der Waals surface area contributed by atoms with Crippen LogP contribution in [0.1, 0.15) is 31.9 Å². The lowest BCUT2D eigenvalue weighted by Gasteiger charge is -2.19. The summed E-state index contributed by atoms with van der Waals surface area (Å²) in [4.78, 5) is 1.31. The molecule has 0 unspecified atom stereocenters. The van der Waals surface area contributed by atoms with Crippen molar-refractivity contribution < 1.29 is 0 Å². The molecule has 0 aliphatic carbocycles. The molecule has 2 heteroatoms. The van der Waals surface area contributed by atoms with Crippen LogP contribution in [0.15, 0.2) is 53.4 Å². The molecule has 0 radical (unpaired) electrons. The Morgan fingerprint density at radius 1 is 0.895 bits per heavy atom. The molecular formula is C17H21NS. The van der Waals surface area contributed by atoms with Crippen molar-refractivity contribution in [3.05, 3.63) is 59.7 Å². The molecule has 19 heavy (non-hydrogen) atoms. The third kappa shape index (κ3) is 4.03. The second-order valence-electron chi connectivity index (χ2n) is 5.80. The van der Waals surface area contributed by atoms with Crippen LogP contribution in [0.5, 0.6) is 0 Å². The first kappa shape index (κ1) is 14.0. The monoisotopic (exact) mass is 271 g/mol. The molecule has 0 saturated heterocycles. The average Bonchev–Trinajstić information content (AvgIpc) is 2.37. The lowest BCUT2D eigenvalue weighted by Crippen LogP contribution is -2.10. The van der Waals surface area contributed by atoms with E-state index in [1.165, 1.54) is 16.0 Å². The van der Waals surface area contributed by atoms with Crippen LogP contribution < -0.4 is 5.73 Å². The fourth-order valence-corrected chi connectivity index (χ4v) is 2.69. The fraction of sp³-hybridized carbons (Fsp3) is 0.294. The van der Waals surface area contributed by atoms with Crippen molar-refractivity contribution >= 4 is 17.4 Å². The second kappa shape index (κ2) is 5.70. The Kier molecular flexibility index (Phi) is 4.20. The molecule has 0 fully saturated rings. The summed E-state index contributed by atoms with van der Waals surface area (Å²) in [5.74, 6) is 0.981. The van der Waals surface area contributed by atoms with E-state index in [1.54, 1.807) is 0 Å². The molecule has 2 aromatic rings. The highest BCUT2D eigenvalue weighted by atomic mass is 32.2. The van der Waals surface area contributed by atoms with Gasteiger partial charge in [-0.05, 0) is 40.8 Å². The van der Waals surface area contributed by atoms with E-state index < -0.39 is 0 Å². The summed E-state index contributed by atoms with van der Waals surface area (Å²) in [6, 6.07) is 17.0. The van der Waals surface area contributed by atoms with Crippen molar-refractivity contribution in [2.75, 3.05) is 5.73 Å². The standard InChI is InChI=1S/C17H21NS/c1-17(2,3)14-6-10-16(11-7-14)19-12-13-4-8-15(18)9-5-13/h4-11H,12,18H2,1-3H3. The topological polar surface area (TPSA) is 26.0 Å². The number of rotatable bonds is 3. The summed E-state index contributed by atoms with van der Waals surface area (Å²) < 4.78 is 0. The third-order valence-electron chi connectivity index (χ3n) is 3.11. The Bertz CT molecular complexity index is 521. The van der Waals surface area contributed by atoms with Gasteiger partial charge in [0.25, 0.3) is 0 Å². The highest BCUT2D eigenvalue weighted by Gasteiger charge is 2.12. The van der Waals surface area contributed by atoms with Crippen molar-refractivity contribution in [2.45, 2.75) is 36.8 Å². The SMILES string of the molecule is CC(C)(C)c1ccc(SCc2ccc(N)cc2)cc1. The number of nitrogen functional groups attached to an aromatic ring is 1. The molecular weight excluding hydrogens is 250 g/mol. The van der Waals surface area contributed by atoms with Gasteiger partial charge in [0.05, 0.1) is 0 Å². The van der Waals surface area contributed by atoms with E-state index in [9.17, 15) is 0 Å². The summed E-state index contributed by atoms with van der Waals surface area (Å²) in [6.07, 6.45) is 0. The van der Waals surface area contributed by atoms with Gasteiger partial charge in [0, 0.05) is 16.3 Å². The van der Waals surface area contributed by atoms with Crippen LogP contribution in [-0.2, 0) is 11.2 Å². The van der Waals surface area contributed by atoms with Crippen molar-refractivity contribution in [1.82, 2.24) is 0 Å². The third-order valence-corrected chi connectivity index (χ3v) is 4.19. The van der Waals surface area contributed by atoms with E-state index in [1.807, 2.05) is 23.9 Å². The quantitative estimate of drug-likeness (QED) is 0.637. The van der Waals surface area contributed by atoms with Crippen molar-refractivity contribution in [1.29, 1.82) is 0 Å². The normalized spacial score (nSPS) is 11.5. The van der Waals surface area contributed by atoms with Gasteiger partial charge < -0.3 is 5.73 Å². The lowest BCUT2D eigenvalue weighted by molar-refractivity contribution is 0.590. The molecule has 0 amide bonds. The minimum absolute atomic E-state index is 0.222. The van der Waals surface area contributed by atoms with E-state index in [4.69, 9.17) is 5.73 Å². The Labute approximate surface area is 120 Å². The maximum Gasteiger partial charge on any atom is 0.0314 e. The van der Waals surface area contributed by atoms with Crippen LogP contribution in [-0.4, -0.2) is 0 Å². The van der Waals surface area contributed by atoms with Crippen molar-refractivity contribution in [2.24, 2.45) is 0 Å². The van der Waals surface area contributed by atoms with Gasteiger partial charge in [-0.25, -0.2) is 0 Å². The van der Waals surface area contributed by atoms with Gasteiger partial charge >= 0.3 is 0 Å². The maximum absolute atomic E-state index is 5.68. The molecule has 0 heterocycles. The van der Waals surface area contributed by atoms with Crippen molar-refractivity contribution in [3.63, 3.8) is 0 Å². The van der Waals surface area contributed by atoms with Crippen LogP contribution in [0.2, 0.25) is 0 Å². The Morgan fingerprint density at radius 3 is 2.00 bits per heavy atom. The number of anilines is 1. The highest BCUT2D eigenvalue weighted by Crippen LogP contribution is 2.27. The zero-order valence-corrected chi connectivity index (χ0v) is 12.6. The molecule has 0 saturated carbocycles. The first-order chi connectivity index (χ1) is 8.95. The van der Waals surface area contributed by atoms with E-state index in [-0.39, 0.29) is 5.41 Å². The minimum Gasteiger partial charge on any atom is -0.399 e. The van der Waals surface area contributed by atoms with Crippen LogP contribution in [0, 0.1) is 0 Å². The second-order valence-corrected chi connectivity index (χ2v) is 6.85. The molecule has 0 bridgehead atoms. The summed E-state index contributed by atoms with van der Waals surface area (Å²) >= 11 is 1.86. The smallest absolute Gasteiger partial charge is 0.0314 e.